The lowest BCUT2D eigenvalue weighted by Gasteiger charge is -2.30. The van der Waals surface area contributed by atoms with E-state index in [0.717, 1.165) is 24.2 Å². The van der Waals surface area contributed by atoms with Crippen molar-refractivity contribution in [1.29, 1.82) is 0 Å². The van der Waals surface area contributed by atoms with Gasteiger partial charge in [0, 0.05) is 23.9 Å². The molecule has 2 atom stereocenters. The number of rotatable bonds is 10. The van der Waals surface area contributed by atoms with Gasteiger partial charge < -0.3 is 20.5 Å². The molecule has 33 heavy (non-hydrogen) atoms. The average Bonchev–Trinajstić information content (AvgIpc) is 2.73. The Morgan fingerprint density at radius 1 is 1.27 bits per heavy atom. The van der Waals surface area contributed by atoms with Crippen LogP contribution in [0, 0.1) is 19.4 Å². The number of hydrogen-bond donors (Lipinski definition) is 4. The number of carbonyl (C=O) groups is 3. The van der Waals surface area contributed by atoms with Crippen molar-refractivity contribution in [2.45, 2.75) is 71.6 Å². The van der Waals surface area contributed by atoms with Crippen molar-refractivity contribution in [3.8, 4) is 18.2 Å². The Labute approximate surface area is 201 Å². The van der Waals surface area contributed by atoms with Gasteiger partial charge in [0.2, 0.25) is 5.91 Å². The number of benzene rings is 1. The SMILES string of the molecule is C#CN(C(=O)C(CS)NC(=O)OC(C)(C)C)C(C(=O)NCCCCC)c1cccc(C)c1O. The lowest BCUT2D eigenvalue weighted by Crippen LogP contribution is -2.52. The molecule has 9 heteroatoms. The Hall–Kier alpha value is -2.86. The number of hydrogen-bond acceptors (Lipinski definition) is 6. The summed E-state index contributed by atoms with van der Waals surface area (Å²) in [5.41, 5.74) is -0.0586. The number of thiol groups is 1. The van der Waals surface area contributed by atoms with Crippen molar-refractivity contribution >= 4 is 30.5 Å². The van der Waals surface area contributed by atoms with Crippen molar-refractivity contribution in [3.05, 3.63) is 29.3 Å². The lowest BCUT2D eigenvalue weighted by molar-refractivity contribution is -0.138. The Balaban J connectivity index is 3.28. The Morgan fingerprint density at radius 3 is 2.48 bits per heavy atom. The maximum absolute atomic E-state index is 13.3. The molecule has 0 saturated carbocycles. The van der Waals surface area contributed by atoms with Gasteiger partial charge in [-0.25, -0.2) is 4.79 Å². The van der Waals surface area contributed by atoms with Crippen molar-refractivity contribution < 1.29 is 24.2 Å². The van der Waals surface area contributed by atoms with Gasteiger partial charge >= 0.3 is 6.09 Å². The quantitative estimate of drug-likeness (QED) is 0.179. The molecule has 0 spiro atoms. The van der Waals surface area contributed by atoms with Gasteiger partial charge in [-0.05, 0) is 39.7 Å². The highest BCUT2D eigenvalue weighted by Crippen LogP contribution is 2.32. The van der Waals surface area contributed by atoms with Crippen molar-refractivity contribution in [3.63, 3.8) is 0 Å². The number of para-hydroxylation sites is 1. The van der Waals surface area contributed by atoms with E-state index >= 15 is 0 Å². The maximum atomic E-state index is 13.3. The molecule has 0 saturated heterocycles. The number of amides is 3. The minimum Gasteiger partial charge on any atom is -0.507 e. The second-order valence-corrected chi connectivity index (χ2v) is 9.00. The van der Waals surface area contributed by atoms with Gasteiger partial charge in [-0.3, -0.25) is 14.5 Å². The molecule has 0 bridgehead atoms. The molecular weight excluding hydrogens is 442 g/mol. The molecule has 182 valence electrons. The Morgan fingerprint density at radius 2 is 1.94 bits per heavy atom. The highest BCUT2D eigenvalue weighted by molar-refractivity contribution is 7.80. The highest BCUT2D eigenvalue weighted by atomic mass is 32.1. The number of nitrogens with one attached hydrogen (secondary N) is 2. The van der Waals surface area contributed by atoms with E-state index in [2.05, 4.69) is 29.3 Å². The zero-order valence-electron chi connectivity index (χ0n) is 20.0. The number of alkyl carbamates (subject to hydrolysis) is 1. The summed E-state index contributed by atoms with van der Waals surface area (Å²) in [5.74, 6) is -1.48. The number of phenols is 1. The highest BCUT2D eigenvalue weighted by Gasteiger charge is 2.36. The molecule has 0 fully saturated rings. The van der Waals surface area contributed by atoms with Gasteiger partial charge in [0.15, 0.2) is 6.04 Å². The number of carbonyl (C=O) groups excluding carboxylic acids is 3. The van der Waals surface area contributed by atoms with Gasteiger partial charge in [-0.15, -0.1) is 0 Å². The first-order chi connectivity index (χ1) is 15.5. The van der Waals surface area contributed by atoms with Crippen molar-refractivity contribution in [1.82, 2.24) is 15.5 Å². The van der Waals surface area contributed by atoms with Crippen molar-refractivity contribution in [2.75, 3.05) is 12.3 Å². The van der Waals surface area contributed by atoms with E-state index in [0.29, 0.717) is 12.1 Å². The van der Waals surface area contributed by atoms with Crippen LogP contribution in [0.4, 0.5) is 4.79 Å². The van der Waals surface area contributed by atoms with Crippen LogP contribution in [0.2, 0.25) is 0 Å². The average molecular weight is 478 g/mol. The number of phenolic OH excluding ortho intramolecular Hbond substituents is 1. The summed E-state index contributed by atoms with van der Waals surface area (Å²) in [6.07, 6.45) is 7.52. The smallest absolute Gasteiger partial charge is 0.408 e. The van der Waals surface area contributed by atoms with Crippen LogP contribution in [0.15, 0.2) is 18.2 Å². The van der Waals surface area contributed by atoms with E-state index in [-0.39, 0.29) is 17.1 Å². The fourth-order valence-corrected chi connectivity index (χ4v) is 3.30. The number of terminal acetylenes is 1. The molecule has 2 unspecified atom stereocenters. The normalized spacial score (nSPS) is 12.8. The summed E-state index contributed by atoms with van der Waals surface area (Å²) in [6.45, 7) is 9.20. The van der Waals surface area contributed by atoms with Crippen LogP contribution in [-0.4, -0.2) is 51.9 Å². The fraction of sp³-hybridized carbons (Fsp3) is 0.542. The minimum absolute atomic E-state index is 0.0824. The van der Waals surface area contributed by atoms with Crippen LogP contribution in [0.3, 0.4) is 0 Å². The lowest BCUT2D eigenvalue weighted by atomic mass is 9.99. The van der Waals surface area contributed by atoms with Gasteiger partial charge in [0.1, 0.15) is 17.4 Å². The molecule has 3 amide bonds. The molecule has 0 aliphatic rings. The van der Waals surface area contributed by atoms with Gasteiger partial charge in [-0.1, -0.05) is 44.4 Å². The van der Waals surface area contributed by atoms with Gasteiger partial charge in [0.25, 0.3) is 5.91 Å². The molecular formula is C24H35N3O5S. The third-order valence-electron chi connectivity index (χ3n) is 4.70. The van der Waals surface area contributed by atoms with Crippen LogP contribution in [-0.2, 0) is 14.3 Å². The molecule has 0 aliphatic heterocycles. The van der Waals surface area contributed by atoms with E-state index in [1.165, 1.54) is 6.07 Å². The first-order valence-electron chi connectivity index (χ1n) is 10.9. The van der Waals surface area contributed by atoms with Crippen LogP contribution in [0.25, 0.3) is 0 Å². The molecule has 1 aromatic rings. The standard InChI is InChI=1S/C24H35N3O5S/c1-7-9-10-14-25-21(29)19(17-13-11-12-16(3)20(17)28)27(8-2)22(30)18(15-33)26-23(31)32-24(4,5)6/h2,11-13,18-19,28,33H,7,9-10,14-15H2,1,3-6H3,(H,25,29)(H,26,31). The zero-order valence-corrected chi connectivity index (χ0v) is 20.9. The van der Waals surface area contributed by atoms with E-state index in [4.69, 9.17) is 11.2 Å². The molecule has 1 rings (SSSR count). The van der Waals surface area contributed by atoms with Crippen LogP contribution < -0.4 is 10.6 Å². The summed E-state index contributed by atoms with van der Waals surface area (Å²) < 4.78 is 5.21. The van der Waals surface area contributed by atoms with Gasteiger partial charge in [0.05, 0.1) is 0 Å². The summed E-state index contributed by atoms with van der Waals surface area (Å²) in [7, 11) is 0. The third kappa shape index (κ3) is 8.54. The van der Waals surface area contributed by atoms with Crippen LogP contribution >= 0.6 is 12.6 Å². The summed E-state index contributed by atoms with van der Waals surface area (Å²) in [6, 6.07) is 4.68. The molecule has 0 aliphatic carbocycles. The fourth-order valence-electron chi connectivity index (χ4n) is 3.05. The predicted molar refractivity (Wildman–Crippen MR) is 131 cm³/mol. The van der Waals surface area contributed by atoms with E-state index in [9.17, 15) is 19.5 Å². The van der Waals surface area contributed by atoms with E-state index in [1.54, 1.807) is 39.8 Å². The van der Waals surface area contributed by atoms with Crippen LogP contribution in [0.5, 0.6) is 5.75 Å². The third-order valence-corrected chi connectivity index (χ3v) is 5.06. The minimum atomic E-state index is -1.30. The second kappa shape index (κ2) is 13.0. The monoisotopic (exact) mass is 477 g/mol. The number of ether oxygens (including phenoxy) is 1. The topological polar surface area (TPSA) is 108 Å². The molecule has 0 aromatic heterocycles. The zero-order chi connectivity index (χ0) is 25.2. The first kappa shape index (κ1) is 28.2. The largest absolute Gasteiger partial charge is 0.507 e. The Bertz CT molecular complexity index is 876. The van der Waals surface area contributed by atoms with Crippen LogP contribution in [0.1, 0.15) is 64.1 Å². The number of aryl methyl sites for hydroxylation is 1. The Kier molecular flexibility index (Phi) is 11.1. The molecule has 0 radical (unpaired) electrons. The molecule has 8 nitrogen and oxygen atoms in total. The van der Waals surface area contributed by atoms with Gasteiger partial charge in [-0.2, -0.15) is 12.6 Å². The van der Waals surface area contributed by atoms with Crippen molar-refractivity contribution in [2.24, 2.45) is 0 Å². The summed E-state index contributed by atoms with van der Waals surface area (Å²) >= 11 is 4.16. The maximum Gasteiger partial charge on any atom is 0.408 e. The van der Waals surface area contributed by atoms with E-state index in [1.807, 2.05) is 6.92 Å². The second-order valence-electron chi connectivity index (χ2n) is 8.63. The number of unbranched alkanes of at least 4 members (excludes halogenated alkanes) is 2. The molecule has 1 aromatic carbocycles. The number of nitrogens with zero attached hydrogens (tertiary/aromatic N) is 1. The predicted octanol–water partition coefficient (Wildman–Crippen LogP) is 3.29. The molecule has 3 N–H and O–H groups in total. The first-order valence-corrected chi connectivity index (χ1v) is 11.6. The summed E-state index contributed by atoms with van der Waals surface area (Å²) in [5, 5.41) is 15.9. The van der Waals surface area contributed by atoms with E-state index < -0.39 is 35.6 Å². The number of aromatic hydroxyl groups is 1. The molecule has 0 heterocycles. The summed E-state index contributed by atoms with van der Waals surface area (Å²) in [4.78, 5) is 39.5.